The first-order chi connectivity index (χ1) is 9.20. The highest BCUT2D eigenvalue weighted by molar-refractivity contribution is 9.10. The van der Waals surface area contributed by atoms with Crippen LogP contribution in [0, 0.1) is 0 Å². The van der Waals surface area contributed by atoms with Gasteiger partial charge in [-0.05, 0) is 40.2 Å². The average molecular weight is 315 g/mol. The van der Waals surface area contributed by atoms with Crippen LogP contribution in [0.3, 0.4) is 0 Å². The van der Waals surface area contributed by atoms with Crippen molar-refractivity contribution in [3.63, 3.8) is 0 Å². The quantitative estimate of drug-likeness (QED) is 0.499. The first-order valence-electron chi connectivity index (χ1n) is 5.76. The lowest BCUT2D eigenvalue weighted by Crippen LogP contribution is -2.21. The van der Waals surface area contributed by atoms with Gasteiger partial charge in [0, 0.05) is 4.47 Å². The lowest BCUT2D eigenvalue weighted by molar-refractivity contribution is 0.841. The first-order valence-corrected chi connectivity index (χ1v) is 6.56. The molecular weight excluding hydrogens is 308 g/mol. The molecule has 0 bridgehead atoms. The number of benzene rings is 2. The van der Waals surface area contributed by atoms with E-state index in [0.29, 0.717) is 15.2 Å². The molecule has 0 fully saturated rings. The second kappa shape index (κ2) is 3.45. The number of aromatic nitrogens is 2. The number of para-hydroxylation sites is 1. The molecule has 0 amide bonds. The van der Waals surface area contributed by atoms with Crippen LogP contribution < -0.4 is 11.1 Å². The monoisotopic (exact) mass is 314 g/mol. The molecule has 92 valence electrons. The lowest BCUT2D eigenvalue weighted by atomic mass is 10.2. The Labute approximate surface area is 115 Å². The van der Waals surface area contributed by atoms with Crippen molar-refractivity contribution in [2.24, 2.45) is 0 Å². The summed E-state index contributed by atoms with van der Waals surface area (Å²) >= 11 is 3.37. The zero-order chi connectivity index (χ0) is 13.1. The van der Waals surface area contributed by atoms with E-state index in [4.69, 9.17) is 0 Å². The van der Waals surface area contributed by atoms with E-state index in [0.717, 1.165) is 11.0 Å². The molecule has 0 saturated heterocycles. The van der Waals surface area contributed by atoms with E-state index < -0.39 is 0 Å². The van der Waals surface area contributed by atoms with Gasteiger partial charge in [0.2, 0.25) is 0 Å². The molecule has 4 rings (SSSR count). The van der Waals surface area contributed by atoms with Gasteiger partial charge >= 0.3 is 0 Å². The van der Waals surface area contributed by atoms with Crippen molar-refractivity contribution >= 4 is 37.7 Å². The number of rotatable bonds is 0. The summed E-state index contributed by atoms with van der Waals surface area (Å²) in [6.07, 6.45) is 0. The Kier molecular flexibility index (Phi) is 1.95. The molecule has 0 saturated carbocycles. The van der Waals surface area contributed by atoms with Crippen molar-refractivity contribution in [2.45, 2.75) is 0 Å². The van der Waals surface area contributed by atoms with Crippen LogP contribution >= 0.6 is 15.9 Å². The van der Waals surface area contributed by atoms with Crippen LogP contribution in [-0.2, 0) is 0 Å². The highest BCUT2D eigenvalue weighted by Gasteiger charge is 2.17. The maximum Gasteiger partial charge on any atom is 0.283 e. The Morgan fingerprint density at radius 3 is 2.37 bits per heavy atom. The molecule has 0 aliphatic carbocycles. The predicted molar refractivity (Wildman–Crippen MR) is 77.3 cm³/mol. The maximum atomic E-state index is 12.4. The second-order valence-corrected chi connectivity index (χ2v) is 5.24. The number of halogens is 1. The fraction of sp³-hybridized carbons (Fsp3) is 0. The zero-order valence-electron chi connectivity index (χ0n) is 9.63. The van der Waals surface area contributed by atoms with Crippen molar-refractivity contribution in [2.75, 3.05) is 0 Å². The van der Waals surface area contributed by atoms with Gasteiger partial charge in [0.15, 0.2) is 0 Å². The van der Waals surface area contributed by atoms with Crippen molar-refractivity contribution in [1.82, 2.24) is 9.03 Å². The van der Waals surface area contributed by atoms with Crippen molar-refractivity contribution in [1.29, 1.82) is 0 Å². The van der Waals surface area contributed by atoms with Crippen LogP contribution in [-0.4, -0.2) is 9.03 Å². The molecule has 0 radical (unpaired) electrons. The van der Waals surface area contributed by atoms with Gasteiger partial charge in [-0.25, -0.2) is 4.52 Å². The van der Waals surface area contributed by atoms with Gasteiger partial charge in [-0.15, -0.1) is 0 Å². The molecule has 0 unspecified atom stereocenters. The van der Waals surface area contributed by atoms with Gasteiger partial charge in [-0.3, -0.25) is 9.59 Å². The number of hydrogen-bond donors (Lipinski definition) is 0. The van der Waals surface area contributed by atoms with E-state index in [1.807, 2.05) is 24.3 Å². The standard InChI is InChI=1S/C14H7BrN2O2/c15-9-5-3-7-11-12(9)14(19)17-13(18)8-4-1-2-6-10(8)16(11)17/h1-7H. The maximum absolute atomic E-state index is 12.4. The fourth-order valence-corrected chi connectivity index (χ4v) is 3.10. The molecule has 0 aliphatic rings. The highest BCUT2D eigenvalue weighted by atomic mass is 79.9. The normalized spacial score (nSPS) is 11.8. The Morgan fingerprint density at radius 2 is 1.53 bits per heavy atom. The summed E-state index contributed by atoms with van der Waals surface area (Å²) < 4.78 is 3.58. The van der Waals surface area contributed by atoms with Crippen LogP contribution in [0.15, 0.2) is 56.5 Å². The summed E-state index contributed by atoms with van der Waals surface area (Å²) in [5.74, 6) is 0. The molecule has 2 heterocycles. The molecule has 0 aliphatic heterocycles. The summed E-state index contributed by atoms with van der Waals surface area (Å²) in [6, 6.07) is 12.7. The topological polar surface area (TPSA) is 43.0 Å². The fourth-order valence-electron chi connectivity index (χ4n) is 2.58. The summed E-state index contributed by atoms with van der Waals surface area (Å²) in [4.78, 5) is 24.7. The van der Waals surface area contributed by atoms with Crippen molar-refractivity contribution < 1.29 is 0 Å². The Bertz CT molecular complexity index is 1060. The molecule has 5 heteroatoms. The Balaban J connectivity index is 2.53. The third-order valence-corrected chi connectivity index (χ3v) is 4.04. The zero-order valence-corrected chi connectivity index (χ0v) is 11.2. The minimum absolute atomic E-state index is 0.274. The molecule has 2 aromatic carbocycles. The molecule has 2 aromatic heterocycles. The summed E-state index contributed by atoms with van der Waals surface area (Å²) in [5, 5.41) is 1.09. The second-order valence-electron chi connectivity index (χ2n) is 4.39. The van der Waals surface area contributed by atoms with Crippen LogP contribution in [0.5, 0.6) is 0 Å². The number of hydrogen-bond acceptors (Lipinski definition) is 2. The third-order valence-electron chi connectivity index (χ3n) is 3.38. The van der Waals surface area contributed by atoms with E-state index in [-0.39, 0.29) is 11.1 Å². The largest absolute Gasteiger partial charge is 0.283 e. The summed E-state index contributed by atoms with van der Waals surface area (Å²) in [5.41, 5.74) is 0.919. The van der Waals surface area contributed by atoms with Gasteiger partial charge in [-0.1, -0.05) is 18.2 Å². The third kappa shape index (κ3) is 1.18. The molecule has 4 aromatic rings. The molecule has 19 heavy (non-hydrogen) atoms. The number of fused-ring (bicyclic) bond motifs is 5. The SMILES string of the molecule is O=c1c2ccccc2n2c3cccc(Br)c3c(=O)n12. The number of nitrogens with zero attached hydrogens (tertiary/aromatic N) is 2. The van der Waals surface area contributed by atoms with Crippen LogP contribution in [0.2, 0.25) is 0 Å². The Hall–Kier alpha value is -2.14. The van der Waals surface area contributed by atoms with Crippen LogP contribution in [0.25, 0.3) is 21.8 Å². The van der Waals surface area contributed by atoms with Gasteiger partial charge in [-0.2, -0.15) is 4.52 Å². The van der Waals surface area contributed by atoms with Crippen molar-refractivity contribution in [3.05, 3.63) is 67.6 Å². The van der Waals surface area contributed by atoms with E-state index in [9.17, 15) is 9.59 Å². The van der Waals surface area contributed by atoms with Gasteiger partial charge in [0.25, 0.3) is 11.1 Å². The molecule has 0 N–H and O–H groups in total. The summed E-state index contributed by atoms with van der Waals surface area (Å²) in [7, 11) is 0. The van der Waals surface area contributed by atoms with E-state index in [2.05, 4.69) is 15.9 Å². The van der Waals surface area contributed by atoms with E-state index >= 15 is 0 Å². The molecular formula is C14H7BrN2O2. The molecule has 0 atom stereocenters. The predicted octanol–water partition coefficient (Wildman–Crippen LogP) is 2.27. The van der Waals surface area contributed by atoms with E-state index in [1.54, 1.807) is 22.7 Å². The van der Waals surface area contributed by atoms with Crippen LogP contribution in [0.1, 0.15) is 0 Å². The van der Waals surface area contributed by atoms with E-state index in [1.165, 1.54) is 4.52 Å². The highest BCUT2D eigenvalue weighted by Crippen LogP contribution is 2.22. The van der Waals surface area contributed by atoms with Gasteiger partial charge in [0.1, 0.15) is 0 Å². The first kappa shape index (κ1) is 10.8. The van der Waals surface area contributed by atoms with Gasteiger partial charge in [0.05, 0.1) is 21.8 Å². The molecule has 0 spiro atoms. The Morgan fingerprint density at radius 1 is 0.789 bits per heavy atom. The molecule has 4 nitrogen and oxygen atoms in total. The van der Waals surface area contributed by atoms with Crippen LogP contribution in [0.4, 0.5) is 0 Å². The smallest absolute Gasteiger partial charge is 0.267 e. The average Bonchev–Trinajstić information content (AvgIpc) is 2.88. The minimum atomic E-state index is -0.288. The van der Waals surface area contributed by atoms with Gasteiger partial charge < -0.3 is 0 Å². The lowest BCUT2D eigenvalue weighted by Gasteiger charge is -1.94. The van der Waals surface area contributed by atoms with Crippen molar-refractivity contribution in [3.8, 4) is 0 Å². The minimum Gasteiger partial charge on any atom is -0.267 e. The summed E-state index contributed by atoms with van der Waals surface area (Å²) in [6.45, 7) is 0.